The van der Waals surface area contributed by atoms with Crippen molar-refractivity contribution >= 4 is 22.6 Å². The number of hydrogen-bond acceptors (Lipinski definition) is 6. The summed E-state index contributed by atoms with van der Waals surface area (Å²) in [5.74, 6) is -0.442. The van der Waals surface area contributed by atoms with E-state index in [1.807, 2.05) is 30.3 Å². The van der Waals surface area contributed by atoms with Gasteiger partial charge in [0.2, 0.25) is 0 Å². The molecule has 2 rings (SSSR count). The van der Waals surface area contributed by atoms with E-state index in [9.17, 15) is 13.9 Å². The number of benzene rings is 1. The highest BCUT2D eigenvalue weighted by Gasteiger charge is 2.35. The molecule has 0 atom stereocenters. The fourth-order valence-corrected chi connectivity index (χ4v) is 3.87. The van der Waals surface area contributed by atoms with Crippen LogP contribution in [-0.4, -0.2) is 45.6 Å². The summed E-state index contributed by atoms with van der Waals surface area (Å²) in [6.07, 6.45) is 0.754. The van der Waals surface area contributed by atoms with E-state index in [1.165, 1.54) is 4.31 Å². The molecule has 0 spiro atoms. The van der Waals surface area contributed by atoms with Gasteiger partial charge in [-0.2, -0.15) is 4.31 Å². The third kappa shape index (κ3) is 3.24. The van der Waals surface area contributed by atoms with Gasteiger partial charge in [-0.3, -0.25) is 18.2 Å². The van der Waals surface area contributed by atoms with E-state index in [0.717, 1.165) is 12.1 Å². The van der Waals surface area contributed by atoms with E-state index < -0.39 is 16.9 Å². The molecule has 1 aliphatic heterocycles. The highest BCUT2D eigenvalue weighted by Crippen LogP contribution is 2.51. The van der Waals surface area contributed by atoms with E-state index in [0.29, 0.717) is 13.1 Å². The number of ether oxygens (including phenoxy) is 1. The second-order valence-electron chi connectivity index (χ2n) is 4.45. The lowest BCUT2D eigenvalue weighted by Gasteiger charge is -2.53. The van der Waals surface area contributed by atoms with Crippen molar-refractivity contribution in [1.82, 2.24) is 4.31 Å². The van der Waals surface area contributed by atoms with Crippen LogP contribution in [-0.2, 0) is 9.53 Å². The minimum absolute atomic E-state index is 0.112. The summed E-state index contributed by atoms with van der Waals surface area (Å²) in [6, 6.07) is 9.20. The molecule has 1 aliphatic rings. The molecule has 0 aliphatic carbocycles. The van der Waals surface area contributed by atoms with Crippen molar-refractivity contribution in [2.24, 2.45) is 0 Å². The van der Waals surface area contributed by atoms with Crippen LogP contribution in [0.25, 0.3) is 0 Å². The fraction of sp³-hybridized carbons (Fsp3) is 0.462. The zero-order chi connectivity index (χ0) is 14.6. The Bertz CT molecular complexity index is 455. The molecule has 7 heteroatoms. The van der Waals surface area contributed by atoms with Crippen LogP contribution >= 0.6 is 11.0 Å². The molecule has 1 aromatic rings. The number of rotatable bonds is 4. The molecule has 1 fully saturated rings. The molecule has 1 heterocycles. The molecular weight excluding hydrogens is 280 g/mol. The normalized spacial score (nSPS) is 20.4. The summed E-state index contributed by atoms with van der Waals surface area (Å²) in [6.45, 7) is 2.91. The van der Waals surface area contributed by atoms with Gasteiger partial charge >= 0.3 is 5.97 Å². The molecular formula is C13H20N2O4S. The van der Waals surface area contributed by atoms with E-state index in [-0.39, 0.29) is 13.2 Å². The molecule has 1 aromatic carbocycles. The van der Waals surface area contributed by atoms with Gasteiger partial charge in [-0.15, -0.1) is 0 Å². The van der Waals surface area contributed by atoms with Crippen molar-refractivity contribution in [3.8, 4) is 0 Å². The summed E-state index contributed by atoms with van der Waals surface area (Å²) in [4.78, 5) is 11.6. The van der Waals surface area contributed by atoms with E-state index in [2.05, 4.69) is 0 Å². The van der Waals surface area contributed by atoms with Crippen LogP contribution < -0.4 is 4.31 Å². The second-order valence-corrected chi connectivity index (χ2v) is 6.39. The lowest BCUT2D eigenvalue weighted by atomic mass is 10.3. The van der Waals surface area contributed by atoms with Crippen LogP contribution in [0.15, 0.2) is 30.3 Å². The maximum absolute atomic E-state index is 11.6. The van der Waals surface area contributed by atoms with E-state index >= 15 is 0 Å². The lowest BCUT2D eigenvalue weighted by Crippen LogP contribution is -2.48. The van der Waals surface area contributed by atoms with Gasteiger partial charge < -0.3 is 4.74 Å². The number of para-hydroxylation sites is 1. The van der Waals surface area contributed by atoms with Crippen LogP contribution in [0.3, 0.4) is 0 Å². The van der Waals surface area contributed by atoms with Crippen LogP contribution in [0.1, 0.15) is 13.3 Å². The lowest BCUT2D eigenvalue weighted by molar-refractivity contribution is -0.143. The predicted octanol–water partition coefficient (Wildman–Crippen LogP) is 2.34. The fourth-order valence-electron chi connectivity index (χ4n) is 2.16. The number of hydrogen-bond donors (Lipinski definition) is 2. The summed E-state index contributed by atoms with van der Waals surface area (Å²) in [5, 5.41) is 0. The predicted molar refractivity (Wildman–Crippen MR) is 79.5 cm³/mol. The Hall–Kier alpha value is -1.28. The SMILES string of the molecule is CCOC(=O)CN1CCCN(c2ccccc2)S1(O)O. The number of esters is 1. The first-order chi connectivity index (χ1) is 9.55. The Morgan fingerprint density at radius 2 is 2.00 bits per heavy atom. The van der Waals surface area contributed by atoms with Gasteiger partial charge in [-0.1, -0.05) is 18.2 Å². The zero-order valence-corrected chi connectivity index (χ0v) is 12.3. The highest BCUT2D eigenvalue weighted by molar-refractivity contribution is 8.23. The van der Waals surface area contributed by atoms with Crippen molar-refractivity contribution in [2.75, 3.05) is 30.5 Å². The summed E-state index contributed by atoms with van der Waals surface area (Å²) >= 11 is 0. The Kier molecular flexibility index (Phi) is 4.87. The Labute approximate surface area is 120 Å². The van der Waals surface area contributed by atoms with Crippen molar-refractivity contribution < 1.29 is 18.6 Å². The first kappa shape index (κ1) is 15.1. The highest BCUT2D eigenvalue weighted by atomic mass is 32.3. The van der Waals surface area contributed by atoms with Gasteiger partial charge in [0, 0.05) is 13.1 Å². The maximum atomic E-state index is 11.6. The number of nitrogens with zero attached hydrogens (tertiary/aromatic N) is 2. The van der Waals surface area contributed by atoms with Crippen LogP contribution in [0, 0.1) is 0 Å². The van der Waals surface area contributed by atoms with Crippen molar-refractivity contribution in [1.29, 1.82) is 0 Å². The monoisotopic (exact) mass is 300 g/mol. The van der Waals surface area contributed by atoms with Gasteiger partial charge in [0.15, 0.2) is 0 Å². The molecule has 0 saturated carbocycles. The number of carbonyl (C=O) groups excluding carboxylic acids is 1. The first-order valence-corrected chi connectivity index (χ1v) is 8.03. The third-order valence-electron chi connectivity index (χ3n) is 3.07. The smallest absolute Gasteiger partial charge is 0.321 e. The molecule has 112 valence electrons. The molecule has 0 aromatic heterocycles. The molecule has 0 bridgehead atoms. The number of carbonyl (C=O) groups is 1. The average Bonchev–Trinajstić information content (AvgIpc) is 2.42. The van der Waals surface area contributed by atoms with E-state index in [4.69, 9.17) is 4.74 Å². The van der Waals surface area contributed by atoms with Gasteiger partial charge in [0.1, 0.15) is 6.54 Å². The van der Waals surface area contributed by atoms with Crippen LogP contribution in [0.4, 0.5) is 5.69 Å². The Morgan fingerprint density at radius 1 is 1.30 bits per heavy atom. The topological polar surface area (TPSA) is 73.2 Å². The third-order valence-corrected chi connectivity index (χ3v) is 5.06. The quantitative estimate of drug-likeness (QED) is 0.832. The summed E-state index contributed by atoms with van der Waals surface area (Å²) in [5.41, 5.74) is 0.737. The largest absolute Gasteiger partial charge is 0.465 e. The van der Waals surface area contributed by atoms with Gasteiger partial charge in [-0.05, 0) is 36.4 Å². The van der Waals surface area contributed by atoms with Crippen molar-refractivity contribution in [3.63, 3.8) is 0 Å². The average molecular weight is 300 g/mol. The molecule has 2 N–H and O–H groups in total. The number of anilines is 1. The minimum atomic E-state index is -3.16. The van der Waals surface area contributed by atoms with Crippen molar-refractivity contribution in [3.05, 3.63) is 30.3 Å². The molecule has 6 nitrogen and oxygen atoms in total. The van der Waals surface area contributed by atoms with Crippen LogP contribution in [0.5, 0.6) is 0 Å². The molecule has 20 heavy (non-hydrogen) atoms. The standard InChI is InChI=1S/C13H20N2O4S/c1-2-19-13(16)11-14-9-6-10-15(20(14,17)18)12-7-4-3-5-8-12/h3-5,7-8,17-18H,2,6,9-11H2,1H3. The molecule has 1 saturated heterocycles. The summed E-state index contributed by atoms with van der Waals surface area (Å²) < 4.78 is 28.7. The molecule has 0 unspecified atom stereocenters. The maximum Gasteiger partial charge on any atom is 0.321 e. The van der Waals surface area contributed by atoms with E-state index in [1.54, 1.807) is 11.2 Å². The second kappa shape index (κ2) is 6.45. The van der Waals surface area contributed by atoms with Crippen LogP contribution in [0.2, 0.25) is 0 Å². The molecule has 0 amide bonds. The molecule has 0 radical (unpaired) electrons. The minimum Gasteiger partial charge on any atom is -0.465 e. The zero-order valence-electron chi connectivity index (χ0n) is 11.4. The van der Waals surface area contributed by atoms with Gasteiger partial charge in [0.25, 0.3) is 0 Å². The Morgan fingerprint density at radius 3 is 2.65 bits per heavy atom. The Balaban J connectivity index is 2.14. The van der Waals surface area contributed by atoms with Gasteiger partial charge in [0.05, 0.1) is 12.3 Å². The summed E-state index contributed by atoms with van der Waals surface area (Å²) in [7, 11) is -3.16. The van der Waals surface area contributed by atoms with Gasteiger partial charge in [-0.25, -0.2) is 0 Å². The first-order valence-electron chi connectivity index (χ1n) is 6.57. The van der Waals surface area contributed by atoms with Crippen molar-refractivity contribution in [2.45, 2.75) is 13.3 Å².